The van der Waals surface area contributed by atoms with Crippen LogP contribution < -0.4 is 4.74 Å². The summed E-state index contributed by atoms with van der Waals surface area (Å²) >= 11 is 11.9. The number of ketones is 1. The second-order valence-corrected chi connectivity index (χ2v) is 5.18. The number of allylic oxidation sites excluding steroid dienone is 1. The number of benzene rings is 2. The number of carbonyl (C=O) groups is 1. The third-order valence-electron chi connectivity index (χ3n) is 2.82. The van der Waals surface area contributed by atoms with Crippen LogP contribution in [0.25, 0.3) is 6.08 Å². The monoisotopic (exact) mass is 331 g/mol. The van der Waals surface area contributed by atoms with Crippen LogP contribution in [0.1, 0.15) is 15.9 Å². The first-order chi connectivity index (χ1) is 10.6. The number of hydrogen-bond acceptors (Lipinski definition) is 3. The minimum absolute atomic E-state index is 0.0255. The third-order valence-corrected chi connectivity index (χ3v) is 3.38. The maximum absolute atomic E-state index is 12.1. The zero-order chi connectivity index (χ0) is 15.9. The molecule has 0 saturated carbocycles. The highest BCUT2D eigenvalue weighted by molar-refractivity contribution is 6.35. The van der Waals surface area contributed by atoms with Gasteiger partial charge in [0.2, 0.25) is 0 Å². The van der Waals surface area contributed by atoms with E-state index in [0.29, 0.717) is 26.9 Å². The predicted octanol–water partition coefficient (Wildman–Crippen LogP) is 4.79. The first-order valence-corrected chi connectivity index (χ1v) is 7.13. The molecule has 0 radical (unpaired) electrons. The van der Waals surface area contributed by atoms with Crippen LogP contribution in [-0.4, -0.2) is 12.4 Å². The van der Waals surface area contributed by atoms with Crippen molar-refractivity contribution in [2.75, 3.05) is 6.61 Å². The summed E-state index contributed by atoms with van der Waals surface area (Å²) in [5.41, 5.74) is 1.24. The summed E-state index contributed by atoms with van der Waals surface area (Å²) in [7, 11) is 0. The van der Waals surface area contributed by atoms with E-state index in [2.05, 4.69) is 0 Å². The van der Waals surface area contributed by atoms with Gasteiger partial charge in [-0.25, -0.2) is 0 Å². The largest absolute Gasteiger partial charge is 0.479 e. The smallest absolute Gasteiger partial charge is 0.185 e. The van der Waals surface area contributed by atoms with Crippen molar-refractivity contribution in [2.24, 2.45) is 0 Å². The van der Waals surface area contributed by atoms with Crippen molar-refractivity contribution in [3.05, 3.63) is 69.7 Å². The molecule has 0 bridgehead atoms. The van der Waals surface area contributed by atoms with E-state index < -0.39 is 0 Å². The van der Waals surface area contributed by atoms with E-state index in [9.17, 15) is 4.79 Å². The molecule has 0 aliphatic rings. The Balaban J connectivity index is 2.08. The van der Waals surface area contributed by atoms with Crippen molar-refractivity contribution < 1.29 is 9.53 Å². The van der Waals surface area contributed by atoms with E-state index in [-0.39, 0.29) is 12.4 Å². The molecule has 110 valence electrons. The van der Waals surface area contributed by atoms with Gasteiger partial charge in [0.1, 0.15) is 11.8 Å². The Hall–Kier alpha value is -2.28. The van der Waals surface area contributed by atoms with Crippen LogP contribution in [0.2, 0.25) is 10.0 Å². The van der Waals surface area contributed by atoms with Gasteiger partial charge in [0.15, 0.2) is 12.4 Å². The van der Waals surface area contributed by atoms with Gasteiger partial charge in [-0.1, -0.05) is 29.3 Å². The first kappa shape index (κ1) is 16.1. The minimum atomic E-state index is -0.155. The molecule has 0 aliphatic carbocycles. The van der Waals surface area contributed by atoms with Gasteiger partial charge in [-0.3, -0.25) is 4.79 Å². The van der Waals surface area contributed by atoms with Crippen molar-refractivity contribution in [2.45, 2.75) is 0 Å². The molecule has 0 N–H and O–H groups in total. The predicted molar refractivity (Wildman–Crippen MR) is 87.4 cm³/mol. The van der Waals surface area contributed by atoms with Crippen LogP contribution in [-0.2, 0) is 0 Å². The van der Waals surface area contributed by atoms with Crippen LogP contribution in [0.5, 0.6) is 5.75 Å². The van der Waals surface area contributed by atoms with Crippen molar-refractivity contribution in [3.63, 3.8) is 0 Å². The topological polar surface area (TPSA) is 50.1 Å². The summed E-state index contributed by atoms with van der Waals surface area (Å²) in [4.78, 5) is 12.1. The second kappa shape index (κ2) is 7.65. The van der Waals surface area contributed by atoms with E-state index in [1.165, 1.54) is 6.08 Å². The molecule has 2 aromatic rings. The van der Waals surface area contributed by atoms with Crippen molar-refractivity contribution in [3.8, 4) is 11.8 Å². The molecule has 0 unspecified atom stereocenters. The van der Waals surface area contributed by atoms with Gasteiger partial charge in [-0.05, 0) is 54.1 Å². The number of rotatable bonds is 5. The molecule has 5 heteroatoms. The Bertz CT molecular complexity index is 746. The summed E-state index contributed by atoms with van der Waals surface area (Å²) in [6, 6.07) is 13.5. The van der Waals surface area contributed by atoms with Gasteiger partial charge in [0.25, 0.3) is 0 Å². The Morgan fingerprint density at radius 1 is 1.18 bits per heavy atom. The lowest BCUT2D eigenvalue weighted by Crippen LogP contribution is -1.96. The molecule has 0 aliphatic heterocycles. The molecule has 0 saturated heterocycles. The molecule has 0 heterocycles. The highest BCUT2D eigenvalue weighted by atomic mass is 35.5. The van der Waals surface area contributed by atoms with Crippen LogP contribution in [0.3, 0.4) is 0 Å². The molecule has 2 rings (SSSR count). The average molecular weight is 332 g/mol. The maximum Gasteiger partial charge on any atom is 0.185 e. The van der Waals surface area contributed by atoms with Crippen LogP contribution in [0.15, 0.2) is 48.5 Å². The molecule has 0 atom stereocenters. The van der Waals surface area contributed by atoms with Crippen molar-refractivity contribution >= 4 is 35.1 Å². The molecular formula is C17H11Cl2NO2. The third kappa shape index (κ3) is 4.36. The van der Waals surface area contributed by atoms with Crippen LogP contribution >= 0.6 is 23.2 Å². The second-order valence-electron chi connectivity index (χ2n) is 4.33. The zero-order valence-electron chi connectivity index (χ0n) is 11.4. The Labute approximate surface area is 138 Å². The van der Waals surface area contributed by atoms with Crippen LogP contribution in [0, 0.1) is 11.3 Å². The van der Waals surface area contributed by atoms with E-state index in [0.717, 1.165) is 0 Å². The highest BCUT2D eigenvalue weighted by Crippen LogP contribution is 2.22. The van der Waals surface area contributed by atoms with Crippen molar-refractivity contribution in [1.82, 2.24) is 0 Å². The summed E-state index contributed by atoms with van der Waals surface area (Å²) in [5.74, 6) is 0.390. The Morgan fingerprint density at radius 3 is 2.55 bits per heavy atom. The summed E-state index contributed by atoms with van der Waals surface area (Å²) in [6.07, 6.45) is 3.08. The molecule has 22 heavy (non-hydrogen) atoms. The summed E-state index contributed by atoms with van der Waals surface area (Å²) in [5, 5.41) is 9.46. The van der Waals surface area contributed by atoms with Crippen molar-refractivity contribution in [1.29, 1.82) is 5.26 Å². The average Bonchev–Trinajstić information content (AvgIpc) is 2.52. The van der Waals surface area contributed by atoms with E-state index in [4.69, 9.17) is 33.2 Å². The lowest BCUT2D eigenvalue weighted by Gasteiger charge is -2.02. The van der Waals surface area contributed by atoms with Gasteiger partial charge in [-0.2, -0.15) is 5.26 Å². The molecule has 3 nitrogen and oxygen atoms in total. The van der Waals surface area contributed by atoms with E-state index >= 15 is 0 Å². The lowest BCUT2D eigenvalue weighted by molar-refractivity contribution is 0.104. The number of nitriles is 1. The van der Waals surface area contributed by atoms with Crippen LogP contribution in [0.4, 0.5) is 0 Å². The fraction of sp³-hybridized carbons (Fsp3) is 0.0588. The van der Waals surface area contributed by atoms with Gasteiger partial charge in [0, 0.05) is 15.6 Å². The van der Waals surface area contributed by atoms with E-state index in [1.54, 1.807) is 48.5 Å². The quantitative estimate of drug-likeness (QED) is 0.584. The molecule has 0 spiro atoms. The normalized spacial score (nSPS) is 10.4. The van der Waals surface area contributed by atoms with Gasteiger partial charge in [0.05, 0.1) is 0 Å². The van der Waals surface area contributed by atoms with Gasteiger partial charge >= 0.3 is 0 Å². The number of hydrogen-bond donors (Lipinski definition) is 0. The molecule has 0 fully saturated rings. The fourth-order valence-corrected chi connectivity index (χ4v) is 2.20. The standard InChI is InChI=1S/C17H11Cl2NO2/c18-14-5-1-12(16(19)11-14)4-8-17(21)13-2-6-15(7-3-13)22-10-9-20/h1-8,11H,10H2/b8-4+. The van der Waals surface area contributed by atoms with Gasteiger partial charge < -0.3 is 4.74 Å². The van der Waals surface area contributed by atoms with E-state index in [1.807, 2.05) is 6.07 Å². The summed E-state index contributed by atoms with van der Waals surface area (Å²) < 4.78 is 5.13. The molecule has 0 aromatic heterocycles. The van der Waals surface area contributed by atoms with Gasteiger partial charge in [-0.15, -0.1) is 0 Å². The Morgan fingerprint density at radius 2 is 1.91 bits per heavy atom. The fourth-order valence-electron chi connectivity index (χ4n) is 1.73. The molecule has 2 aromatic carbocycles. The first-order valence-electron chi connectivity index (χ1n) is 6.37. The highest BCUT2D eigenvalue weighted by Gasteiger charge is 2.03. The summed E-state index contributed by atoms with van der Waals surface area (Å²) in [6.45, 7) is -0.0255. The number of carbonyl (C=O) groups excluding carboxylic acids is 1. The number of ether oxygens (including phenoxy) is 1. The zero-order valence-corrected chi connectivity index (χ0v) is 12.9. The minimum Gasteiger partial charge on any atom is -0.479 e. The number of nitrogens with zero attached hydrogens (tertiary/aromatic N) is 1. The Kier molecular flexibility index (Phi) is 5.60. The molecule has 0 amide bonds. The lowest BCUT2D eigenvalue weighted by atomic mass is 10.1. The molecular weight excluding hydrogens is 321 g/mol. The SMILES string of the molecule is N#CCOc1ccc(C(=O)/C=C/c2ccc(Cl)cc2Cl)cc1. The maximum atomic E-state index is 12.1. The number of halogens is 2.